The molecule has 1 aromatic carbocycles. The SMILES string of the molecule is C=CC(=O)N1CCC(c2nc(-c3ccc(Oc4cc(C(F)(F)F)ccn4)cc3F)n3c(N)nccc23)C1. The number of likely N-dealkylation sites (tertiary alicyclic amines) is 1. The van der Waals surface area contributed by atoms with Crippen molar-refractivity contribution >= 4 is 17.4 Å². The normalized spacial score (nSPS) is 15.8. The Morgan fingerprint density at radius 3 is 2.68 bits per heavy atom. The van der Waals surface area contributed by atoms with E-state index in [1.54, 1.807) is 11.0 Å². The molecule has 1 fully saturated rings. The molecular weight excluding hydrogens is 492 g/mol. The van der Waals surface area contributed by atoms with Crippen molar-refractivity contribution in [2.24, 2.45) is 0 Å². The van der Waals surface area contributed by atoms with E-state index < -0.39 is 17.6 Å². The molecule has 1 unspecified atom stereocenters. The molecule has 0 aliphatic carbocycles. The number of carbonyl (C=O) groups is 1. The van der Waals surface area contributed by atoms with Gasteiger partial charge in [0.1, 0.15) is 11.6 Å². The predicted molar refractivity (Wildman–Crippen MR) is 126 cm³/mol. The van der Waals surface area contributed by atoms with Gasteiger partial charge in [-0.1, -0.05) is 6.58 Å². The van der Waals surface area contributed by atoms with E-state index in [-0.39, 0.29) is 40.8 Å². The summed E-state index contributed by atoms with van der Waals surface area (Å²) in [7, 11) is 0. The van der Waals surface area contributed by atoms with Crippen LogP contribution in [-0.2, 0) is 11.0 Å². The predicted octanol–water partition coefficient (Wildman–Crippen LogP) is 4.83. The molecule has 0 bridgehead atoms. The average Bonchev–Trinajstić information content (AvgIpc) is 3.49. The zero-order valence-corrected chi connectivity index (χ0v) is 19.2. The Labute approximate surface area is 208 Å². The highest BCUT2D eigenvalue weighted by molar-refractivity contribution is 5.87. The Hall–Kier alpha value is -4.48. The number of fused-ring (bicyclic) bond motifs is 1. The molecule has 1 amide bonds. The largest absolute Gasteiger partial charge is 0.439 e. The van der Waals surface area contributed by atoms with Crippen LogP contribution in [0.2, 0.25) is 0 Å². The topological polar surface area (TPSA) is 98.6 Å². The molecule has 1 saturated heterocycles. The lowest BCUT2D eigenvalue weighted by atomic mass is 10.0. The van der Waals surface area contributed by atoms with Gasteiger partial charge in [-0.2, -0.15) is 13.2 Å². The molecule has 37 heavy (non-hydrogen) atoms. The molecule has 8 nitrogen and oxygen atoms in total. The first-order valence-corrected chi connectivity index (χ1v) is 11.2. The minimum absolute atomic E-state index is 0.0466. The van der Waals surface area contributed by atoms with Crippen LogP contribution in [0, 0.1) is 5.82 Å². The number of benzene rings is 1. The second-order valence-corrected chi connectivity index (χ2v) is 8.44. The number of anilines is 1. The number of nitrogens with two attached hydrogens (primary N) is 1. The Morgan fingerprint density at radius 2 is 1.95 bits per heavy atom. The number of rotatable bonds is 5. The van der Waals surface area contributed by atoms with E-state index in [2.05, 4.69) is 16.5 Å². The molecule has 4 heterocycles. The summed E-state index contributed by atoms with van der Waals surface area (Å²) in [4.78, 5) is 26.3. The number of hydrogen-bond donors (Lipinski definition) is 1. The number of carbonyl (C=O) groups excluding carboxylic acids is 1. The van der Waals surface area contributed by atoms with E-state index in [1.165, 1.54) is 28.8 Å². The Bertz CT molecular complexity index is 1520. The first kappa shape index (κ1) is 24.2. The average molecular weight is 512 g/mol. The van der Waals surface area contributed by atoms with Gasteiger partial charge in [0.15, 0.2) is 5.82 Å². The van der Waals surface area contributed by atoms with Crippen LogP contribution >= 0.6 is 0 Å². The molecule has 3 aromatic heterocycles. The maximum absolute atomic E-state index is 15.3. The molecule has 1 aliphatic rings. The van der Waals surface area contributed by atoms with Crippen molar-refractivity contribution in [1.29, 1.82) is 0 Å². The van der Waals surface area contributed by atoms with Crippen molar-refractivity contribution < 1.29 is 27.1 Å². The molecule has 0 saturated carbocycles. The second-order valence-electron chi connectivity index (χ2n) is 8.44. The van der Waals surface area contributed by atoms with Gasteiger partial charge in [0.25, 0.3) is 0 Å². The first-order valence-electron chi connectivity index (χ1n) is 11.2. The summed E-state index contributed by atoms with van der Waals surface area (Å²) in [5, 5.41) is 0. The number of alkyl halides is 3. The third-order valence-electron chi connectivity index (χ3n) is 6.14. The lowest BCUT2D eigenvalue weighted by Crippen LogP contribution is -2.26. The summed E-state index contributed by atoms with van der Waals surface area (Å²) < 4.78 is 61.1. The number of imidazole rings is 1. The maximum Gasteiger partial charge on any atom is 0.416 e. The van der Waals surface area contributed by atoms with Crippen LogP contribution in [0.3, 0.4) is 0 Å². The third kappa shape index (κ3) is 4.57. The first-order chi connectivity index (χ1) is 17.7. The molecule has 1 atom stereocenters. The van der Waals surface area contributed by atoms with Gasteiger partial charge < -0.3 is 15.4 Å². The van der Waals surface area contributed by atoms with E-state index >= 15 is 4.39 Å². The summed E-state index contributed by atoms with van der Waals surface area (Å²) >= 11 is 0. The van der Waals surface area contributed by atoms with Crippen LogP contribution in [0.25, 0.3) is 16.9 Å². The maximum atomic E-state index is 15.3. The van der Waals surface area contributed by atoms with Crippen LogP contribution in [-0.4, -0.2) is 43.2 Å². The Kier molecular flexibility index (Phi) is 6.02. The van der Waals surface area contributed by atoms with Gasteiger partial charge in [-0.15, -0.1) is 0 Å². The molecule has 2 N–H and O–H groups in total. The van der Waals surface area contributed by atoms with Crippen LogP contribution < -0.4 is 10.5 Å². The van der Waals surface area contributed by atoms with Gasteiger partial charge in [-0.25, -0.2) is 19.3 Å². The van der Waals surface area contributed by atoms with Crippen molar-refractivity contribution in [2.75, 3.05) is 18.8 Å². The van der Waals surface area contributed by atoms with Crippen molar-refractivity contribution in [3.8, 4) is 23.0 Å². The van der Waals surface area contributed by atoms with Crippen molar-refractivity contribution in [3.63, 3.8) is 0 Å². The van der Waals surface area contributed by atoms with Crippen LogP contribution in [0.1, 0.15) is 23.6 Å². The summed E-state index contributed by atoms with van der Waals surface area (Å²) in [6, 6.07) is 7.08. The number of pyridine rings is 1. The minimum Gasteiger partial charge on any atom is -0.439 e. The molecule has 5 rings (SSSR count). The number of nitrogens with zero attached hydrogens (tertiary/aromatic N) is 5. The smallest absolute Gasteiger partial charge is 0.416 e. The van der Waals surface area contributed by atoms with E-state index in [1.807, 2.05) is 0 Å². The molecule has 0 radical (unpaired) electrons. The number of amides is 1. The van der Waals surface area contributed by atoms with Gasteiger partial charge in [-0.3, -0.25) is 9.20 Å². The van der Waals surface area contributed by atoms with Gasteiger partial charge in [-0.05, 0) is 36.8 Å². The van der Waals surface area contributed by atoms with Crippen molar-refractivity contribution in [2.45, 2.75) is 18.5 Å². The molecule has 4 aromatic rings. The van der Waals surface area contributed by atoms with Gasteiger partial charge in [0, 0.05) is 43.5 Å². The zero-order valence-electron chi connectivity index (χ0n) is 19.2. The summed E-state index contributed by atoms with van der Waals surface area (Å²) in [5.41, 5.74) is 6.55. The molecular formula is C25H20F4N6O2. The quantitative estimate of drug-likeness (QED) is 0.304. The van der Waals surface area contributed by atoms with Gasteiger partial charge in [0.2, 0.25) is 17.7 Å². The minimum atomic E-state index is -4.57. The fourth-order valence-electron chi connectivity index (χ4n) is 4.38. The number of ether oxygens (including phenoxy) is 1. The fourth-order valence-corrected chi connectivity index (χ4v) is 4.38. The molecule has 190 valence electrons. The van der Waals surface area contributed by atoms with E-state index in [0.717, 1.165) is 24.4 Å². The Balaban J connectivity index is 1.49. The fraction of sp³-hybridized carbons (Fsp3) is 0.200. The highest BCUT2D eigenvalue weighted by Gasteiger charge is 2.32. The lowest BCUT2D eigenvalue weighted by molar-refractivity contribution is -0.137. The lowest BCUT2D eigenvalue weighted by Gasteiger charge is -2.13. The number of halogens is 4. The number of nitrogen functional groups attached to an aromatic ring is 1. The van der Waals surface area contributed by atoms with Crippen LogP contribution in [0.4, 0.5) is 23.5 Å². The standard InChI is InChI=1S/C25H20F4N6O2/c1-2-21(36)34-10-7-14(13-34)22-19-6-9-32-24(30)35(19)23(33-22)17-4-3-16(12-18(17)26)37-20-11-15(5-8-31-20)25(27,28)29/h2-6,8-9,11-12,14H,1,7,10,13H2,(H2,30,32). The number of hydrogen-bond acceptors (Lipinski definition) is 6. The molecule has 12 heteroatoms. The van der Waals surface area contributed by atoms with Crippen molar-refractivity contribution in [1.82, 2.24) is 24.3 Å². The second kappa shape index (κ2) is 9.19. The highest BCUT2D eigenvalue weighted by Crippen LogP contribution is 2.36. The summed E-state index contributed by atoms with van der Waals surface area (Å²) in [5.74, 6) is -1.10. The van der Waals surface area contributed by atoms with Crippen molar-refractivity contribution in [3.05, 3.63) is 78.5 Å². The van der Waals surface area contributed by atoms with E-state index in [4.69, 9.17) is 15.5 Å². The molecule has 0 spiro atoms. The molecule has 1 aliphatic heterocycles. The summed E-state index contributed by atoms with van der Waals surface area (Å²) in [6.45, 7) is 4.49. The van der Waals surface area contributed by atoms with Crippen LogP contribution in [0.5, 0.6) is 11.6 Å². The highest BCUT2D eigenvalue weighted by atomic mass is 19.4. The Morgan fingerprint density at radius 1 is 1.16 bits per heavy atom. The van der Waals surface area contributed by atoms with Crippen LogP contribution in [0.15, 0.2) is 61.4 Å². The number of aromatic nitrogens is 4. The monoisotopic (exact) mass is 512 g/mol. The third-order valence-corrected chi connectivity index (χ3v) is 6.14. The summed E-state index contributed by atoms with van der Waals surface area (Å²) in [6.07, 6.45) is -0.166. The zero-order chi connectivity index (χ0) is 26.3. The van der Waals surface area contributed by atoms with E-state index in [0.29, 0.717) is 30.7 Å². The van der Waals surface area contributed by atoms with Gasteiger partial charge >= 0.3 is 6.18 Å². The van der Waals surface area contributed by atoms with Gasteiger partial charge in [0.05, 0.1) is 22.3 Å². The van der Waals surface area contributed by atoms with E-state index in [9.17, 15) is 18.0 Å².